The molecule has 4 heteroatoms. The van der Waals surface area contributed by atoms with Gasteiger partial charge in [0.2, 0.25) is 0 Å². The first-order chi connectivity index (χ1) is 7.22. The summed E-state index contributed by atoms with van der Waals surface area (Å²) in [6.45, 7) is 0. The summed E-state index contributed by atoms with van der Waals surface area (Å²) in [6, 6.07) is 8.59. The van der Waals surface area contributed by atoms with Crippen molar-refractivity contribution in [3.8, 4) is 6.07 Å². The number of hydrogen-bond donors (Lipinski definition) is 2. The minimum Gasteiger partial charge on any atom is -0.351 e. The van der Waals surface area contributed by atoms with Gasteiger partial charge in [0.25, 0.3) is 0 Å². The summed E-state index contributed by atoms with van der Waals surface area (Å²) >= 11 is 0. The lowest BCUT2D eigenvalue weighted by molar-refractivity contribution is 0.259. The van der Waals surface area contributed by atoms with E-state index in [0.717, 1.165) is 5.56 Å². The molecule has 0 aliphatic carbocycles. The lowest BCUT2D eigenvalue weighted by atomic mass is 10.2. The SMILES string of the molecule is N#CCC=Cc1ccc(NC(N)=O)cc1. The van der Waals surface area contributed by atoms with Crippen LogP contribution in [-0.4, -0.2) is 6.03 Å². The number of anilines is 1. The summed E-state index contributed by atoms with van der Waals surface area (Å²) in [5, 5.41) is 10.8. The molecule has 0 heterocycles. The zero-order chi connectivity index (χ0) is 11.1. The predicted molar refractivity (Wildman–Crippen MR) is 58.9 cm³/mol. The van der Waals surface area contributed by atoms with Gasteiger partial charge in [-0.25, -0.2) is 4.79 Å². The number of amides is 2. The van der Waals surface area contributed by atoms with Crippen molar-refractivity contribution < 1.29 is 4.79 Å². The van der Waals surface area contributed by atoms with Crippen LogP contribution >= 0.6 is 0 Å². The molecule has 3 N–H and O–H groups in total. The monoisotopic (exact) mass is 201 g/mol. The van der Waals surface area contributed by atoms with Gasteiger partial charge in [0.15, 0.2) is 0 Å². The van der Waals surface area contributed by atoms with Crippen molar-refractivity contribution in [2.45, 2.75) is 6.42 Å². The van der Waals surface area contributed by atoms with Crippen LogP contribution in [0.1, 0.15) is 12.0 Å². The summed E-state index contributed by atoms with van der Waals surface area (Å²) in [6.07, 6.45) is 4.01. The number of hydrogen-bond acceptors (Lipinski definition) is 2. The van der Waals surface area contributed by atoms with E-state index in [1.165, 1.54) is 0 Å². The van der Waals surface area contributed by atoms with Gasteiger partial charge in [-0.1, -0.05) is 24.3 Å². The van der Waals surface area contributed by atoms with E-state index in [0.29, 0.717) is 12.1 Å². The Labute approximate surface area is 88.0 Å². The fourth-order valence-electron chi connectivity index (χ4n) is 1.07. The van der Waals surface area contributed by atoms with Gasteiger partial charge in [-0.15, -0.1) is 0 Å². The predicted octanol–water partition coefficient (Wildman–Crippen LogP) is 2.10. The zero-order valence-electron chi connectivity index (χ0n) is 8.10. The molecule has 1 aromatic carbocycles. The van der Waals surface area contributed by atoms with Gasteiger partial charge in [0.05, 0.1) is 12.5 Å². The fraction of sp³-hybridized carbons (Fsp3) is 0.0909. The molecule has 15 heavy (non-hydrogen) atoms. The molecule has 0 radical (unpaired) electrons. The fourth-order valence-corrected chi connectivity index (χ4v) is 1.07. The van der Waals surface area contributed by atoms with Crippen LogP contribution in [0.3, 0.4) is 0 Å². The summed E-state index contributed by atoms with van der Waals surface area (Å²) in [4.78, 5) is 10.5. The Morgan fingerprint density at radius 3 is 2.67 bits per heavy atom. The second kappa shape index (κ2) is 5.45. The van der Waals surface area contributed by atoms with Crippen molar-refractivity contribution >= 4 is 17.8 Å². The maximum Gasteiger partial charge on any atom is 0.316 e. The van der Waals surface area contributed by atoms with Crippen molar-refractivity contribution in [2.24, 2.45) is 5.73 Å². The second-order valence-corrected chi connectivity index (χ2v) is 2.88. The molecule has 0 bridgehead atoms. The maximum absolute atomic E-state index is 10.5. The molecule has 0 unspecified atom stereocenters. The molecule has 0 aliphatic heterocycles. The highest BCUT2D eigenvalue weighted by Crippen LogP contribution is 2.10. The molecule has 76 valence electrons. The van der Waals surface area contributed by atoms with Crippen molar-refractivity contribution in [3.05, 3.63) is 35.9 Å². The van der Waals surface area contributed by atoms with Crippen molar-refractivity contribution in [1.82, 2.24) is 0 Å². The number of urea groups is 1. The summed E-state index contributed by atoms with van der Waals surface area (Å²) in [5.74, 6) is 0. The van der Waals surface area contributed by atoms with Gasteiger partial charge in [-0.2, -0.15) is 5.26 Å². The van der Waals surface area contributed by atoms with Gasteiger partial charge in [0, 0.05) is 5.69 Å². The van der Waals surface area contributed by atoms with Crippen molar-refractivity contribution in [1.29, 1.82) is 5.26 Å². The van der Waals surface area contributed by atoms with Crippen LogP contribution in [0.4, 0.5) is 10.5 Å². The molecule has 0 fully saturated rings. The average Bonchev–Trinajstić information content (AvgIpc) is 2.20. The number of nitriles is 1. The van der Waals surface area contributed by atoms with E-state index in [1.54, 1.807) is 18.2 Å². The highest BCUT2D eigenvalue weighted by atomic mass is 16.2. The summed E-state index contributed by atoms with van der Waals surface area (Å²) < 4.78 is 0. The molecule has 4 nitrogen and oxygen atoms in total. The quantitative estimate of drug-likeness (QED) is 0.785. The Morgan fingerprint density at radius 1 is 1.47 bits per heavy atom. The Bertz CT molecular complexity index is 401. The molecule has 1 rings (SSSR count). The third-order valence-electron chi connectivity index (χ3n) is 1.70. The van der Waals surface area contributed by atoms with Crippen LogP contribution in [0.2, 0.25) is 0 Å². The molecule has 0 atom stereocenters. The highest BCUT2D eigenvalue weighted by molar-refractivity contribution is 5.87. The number of rotatable bonds is 3. The largest absolute Gasteiger partial charge is 0.351 e. The maximum atomic E-state index is 10.5. The number of allylic oxidation sites excluding steroid dienone is 1. The van der Waals surface area contributed by atoms with Gasteiger partial charge in [-0.3, -0.25) is 0 Å². The van der Waals surface area contributed by atoms with E-state index in [4.69, 9.17) is 11.0 Å². The molecular weight excluding hydrogens is 190 g/mol. The minimum absolute atomic E-state index is 0.390. The van der Waals surface area contributed by atoms with Gasteiger partial charge in [0.1, 0.15) is 0 Å². The Kier molecular flexibility index (Phi) is 3.92. The molecule has 0 aliphatic rings. The topological polar surface area (TPSA) is 78.9 Å². The smallest absolute Gasteiger partial charge is 0.316 e. The average molecular weight is 201 g/mol. The lowest BCUT2D eigenvalue weighted by Crippen LogP contribution is -2.19. The normalized spacial score (nSPS) is 9.80. The first kappa shape index (κ1) is 10.8. The number of carbonyl (C=O) groups excluding carboxylic acids is 1. The van der Waals surface area contributed by atoms with Crippen LogP contribution in [0.15, 0.2) is 30.3 Å². The Hall–Kier alpha value is -2.28. The van der Waals surface area contributed by atoms with Crippen LogP contribution in [0.25, 0.3) is 6.08 Å². The molecule has 0 saturated carbocycles. The molecule has 0 saturated heterocycles. The van der Waals surface area contributed by atoms with E-state index in [-0.39, 0.29) is 0 Å². The molecule has 2 amide bonds. The Morgan fingerprint density at radius 2 is 2.13 bits per heavy atom. The first-order valence-corrected chi connectivity index (χ1v) is 4.42. The van der Waals surface area contributed by atoms with Crippen LogP contribution in [0, 0.1) is 11.3 Å². The summed E-state index contributed by atoms with van der Waals surface area (Å²) in [5.41, 5.74) is 6.59. The Balaban J connectivity index is 2.64. The third-order valence-corrected chi connectivity index (χ3v) is 1.70. The molecule has 1 aromatic rings. The van der Waals surface area contributed by atoms with Crippen molar-refractivity contribution in [3.63, 3.8) is 0 Å². The zero-order valence-corrected chi connectivity index (χ0v) is 8.10. The minimum atomic E-state index is -0.581. The van der Waals surface area contributed by atoms with Crippen LogP contribution in [-0.2, 0) is 0 Å². The van der Waals surface area contributed by atoms with E-state index in [1.807, 2.05) is 24.3 Å². The van der Waals surface area contributed by atoms with E-state index < -0.39 is 6.03 Å². The molecule has 0 spiro atoms. The van der Waals surface area contributed by atoms with Gasteiger partial charge in [-0.05, 0) is 17.7 Å². The van der Waals surface area contributed by atoms with Gasteiger partial charge < -0.3 is 11.1 Å². The molecular formula is C11H11N3O. The number of primary amides is 1. The van der Waals surface area contributed by atoms with E-state index in [2.05, 4.69) is 5.32 Å². The molecule has 0 aromatic heterocycles. The third kappa shape index (κ3) is 3.96. The van der Waals surface area contributed by atoms with E-state index >= 15 is 0 Å². The number of benzene rings is 1. The van der Waals surface area contributed by atoms with Gasteiger partial charge >= 0.3 is 6.03 Å². The van der Waals surface area contributed by atoms with Crippen molar-refractivity contribution in [2.75, 3.05) is 5.32 Å². The number of nitrogens with one attached hydrogen (secondary N) is 1. The highest BCUT2D eigenvalue weighted by Gasteiger charge is 1.94. The number of carbonyl (C=O) groups is 1. The first-order valence-electron chi connectivity index (χ1n) is 4.42. The lowest BCUT2D eigenvalue weighted by Gasteiger charge is -2.00. The van der Waals surface area contributed by atoms with E-state index in [9.17, 15) is 4.79 Å². The standard InChI is InChI=1S/C11H11N3O/c12-8-2-1-3-9-4-6-10(7-5-9)14-11(13)15/h1,3-7H,2H2,(H3,13,14,15). The van der Waals surface area contributed by atoms with Crippen LogP contribution in [0.5, 0.6) is 0 Å². The van der Waals surface area contributed by atoms with Crippen LogP contribution < -0.4 is 11.1 Å². The number of nitrogens with two attached hydrogens (primary N) is 1. The second-order valence-electron chi connectivity index (χ2n) is 2.88. The number of nitrogens with zero attached hydrogens (tertiary/aromatic N) is 1. The summed E-state index contributed by atoms with van der Waals surface area (Å²) in [7, 11) is 0.